The second kappa shape index (κ2) is 10.8. The molecule has 0 unspecified atom stereocenters. The number of para-hydroxylation sites is 5. The van der Waals surface area contributed by atoms with E-state index in [2.05, 4.69) is 4.57 Å². The predicted octanol–water partition coefficient (Wildman–Crippen LogP) is 12.6. The molecule has 3 aromatic heterocycles. The van der Waals surface area contributed by atoms with Crippen LogP contribution >= 0.6 is 0 Å². The SMILES string of the molecule is [2H]c1c([2H])c([2H])c(-n2c3c([2H])c([2H])c([2H])c([2H])c3c3c([2H])c([2H])c(-c4c([2H])c([2H])c(-n5c6ccccc6c6c5ccc5c7ccccc7n(-c7ccccc7)c56)c([2H])c4[2H])c([2H])c32)c([2H])c1[2H]. The Morgan fingerprint density at radius 1 is 0.333 bits per heavy atom. The molecule has 0 atom stereocenters. The number of fused-ring (bicyclic) bond motifs is 10. The van der Waals surface area contributed by atoms with Crippen LogP contribution in [0.25, 0.3) is 93.6 Å². The Morgan fingerprint density at radius 3 is 1.78 bits per heavy atom. The number of benzene rings is 8. The molecule has 51 heavy (non-hydrogen) atoms. The van der Waals surface area contributed by atoms with Gasteiger partial charge in [-0.15, -0.1) is 0 Å². The number of hydrogen-bond acceptors (Lipinski definition) is 0. The zero-order valence-corrected chi connectivity index (χ0v) is 26.5. The second-order valence-corrected chi connectivity index (χ2v) is 12.1. The van der Waals surface area contributed by atoms with Gasteiger partial charge in [0.1, 0.15) is 0 Å². The molecule has 3 heteroatoms. The lowest BCUT2D eigenvalue weighted by atomic mass is 10.0. The molecule has 0 fully saturated rings. The zero-order valence-electron chi connectivity index (χ0n) is 42.5. The molecule has 3 nitrogen and oxygen atoms in total. The molecule has 0 spiro atoms. The van der Waals surface area contributed by atoms with Crippen LogP contribution in [0.5, 0.6) is 0 Å². The molecule has 0 amide bonds. The average Bonchev–Trinajstić information content (AvgIpc) is 3.98. The van der Waals surface area contributed by atoms with Crippen molar-refractivity contribution >= 4 is 65.4 Å². The van der Waals surface area contributed by atoms with E-state index in [-0.39, 0.29) is 16.5 Å². The molecule has 11 rings (SSSR count). The molecule has 3 heterocycles. The summed E-state index contributed by atoms with van der Waals surface area (Å²) in [5.41, 5.74) is 1.13. The molecule has 0 saturated heterocycles. The molecule has 8 aromatic carbocycles. The van der Waals surface area contributed by atoms with Crippen molar-refractivity contribution in [1.29, 1.82) is 0 Å². The van der Waals surface area contributed by atoms with Gasteiger partial charge in [0.2, 0.25) is 0 Å². The van der Waals surface area contributed by atoms with Gasteiger partial charge < -0.3 is 13.7 Å². The summed E-state index contributed by atoms with van der Waals surface area (Å²) >= 11 is 0. The Bertz CT molecular complexity index is 4000. The quantitative estimate of drug-likeness (QED) is 0.178. The average molecular weight is 666 g/mol. The first-order valence-electron chi connectivity index (χ1n) is 24.2. The maximum absolute atomic E-state index is 9.74. The summed E-state index contributed by atoms with van der Waals surface area (Å²) in [6.07, 6.45) is 0. The summed E-state index contributed by atoms with van der Waals surface area (Å²) in [4.78, 5) is 0. The fourth-order valence-corrected chi connectivity index (χ4v) is 7.35. The number of nitrogens with zero attached hydrogens (tertiary/aromatic N) is 3. The summed E-state index contributed by atoms with van der Waals surface area (Å²) in [5, 5.41) is 2.78. The largest absolute Gasteiger partial charge is 0.309 e. The third-order valence-corrected chi connectivity index (χ3v) is 9.44. The maximum atomic E-state index is 9.74. The van der Waals surface area contributed by atoms with Crippen LogP contribution in [0, 0.1) is 0 Å². The fourth-order valence-electron chi connectivity index (χ4n) is 7.35. The molecule has 238 valence electrons. The summed E-state index contributed by atoms with van der Waals surface area (Å²) in [6, 6.07) is 17.8. The first kappa shape index (κ1) is 16.7. The van der Waals surface area contributed by atoms with Gasteiger partial charge in [-0.05, 0) is 77.7 Å². The molecule has 0 saturated carbocycles. The third-order valence-electron chi connectivity index (χ3n) is 9.44. The number of aromatic nitrogens is 3. The van der Waals surface area contributed by atoms with Crippen LogP contribution in [0.15, 0.2) is 188 Å². The minimum absolute atomic E-state index is 0.131. The smallest absolute Gasteiger partial charge is 0.0652 e. The third kappa shape index (κ3) is 4.06. The van der Waals surface area contributed by atoms with Crippen LogP contribution < -0.4 is 0 Å². The lowest BCUT2D eigenvalue weighted by molar-refractivity contribution is 1.17. The van der Waals surface area contributed by atoms with Gasteiger partial charge >= 0.3 is 0 Å². The summed E-state index contributed by atoms with van der Waals surface area (Å²) in [5.74, 6) is 0. The van der Waals surface area contributed by atoms with Crippen LogP contribution in [0.3, 0.4) is 0 Å². The van der Waals surface area contributed by atoms with E-state index in [4.69, 9.17) is 12.3 Å². The predicted molar refractivity (Wildman–Crippen MR) is 215 cm³/mol. The van der Waals surface area contributed by atoms with E-state index >= 15 is 0 Å². The van der Waals surface area contributed by atoms with Crippen LogP contribution in [0.4, 0.5) is 0 Å². The van der Waals surface area contributed by atoms with Gasteiger partial charge in [-0.1, -0.05) is 121 Å². The molecule has 0 bridgehead atoms. The van der Waals surface area contributed by atoms with Crippen molar-refractivity contribution in [3.63, 3.8) is 0 Å². The Hall–Kier alpha value is -6.84. The first-order valence-corrected chi connectivity index (χ1v) is 16.2. The molecular formula is C48H31N3. The van der Waals surface area contributed by atoms with Gasteiger partial charge in [-0.25, -0.2) is 0 Å². The molecule has 11 aromatic rings. The number of rotatable bonds is 4. The lowest BCUT2D eigenvalue weighted by Gasteiger charge is -2.11. The second-order valence-electron chi connectivity index (χ2n) is 12.1. The van der Waals surface area contributed by atoms with E-state index in [9.17, 15) is 9.60 Å². The van der Waals surface area contributed by atoms with E-state index in [1.807, 2.05) is 91.0 Å². The summed E-state index contributed by atoms with van der Waals surface area (Å²) in [6.45, 7) is 0. The van der Waals surface area contributed by atoms with E-state index in [0.717, 1.165) is 42.8 Å². The van der Waals surface area contributed by atoms with Crippen molar-refractivity contribution in [1.82, 2.24) is 13.7 Å². The molecule has 0 radical (unpaired) electrons. The summed E-state index contributed by atoms with van der Waals surface area (Å²) in [7, 11) is 0. The van der Waals surface area contributed by atoms with Crippen LogP contribution in [-0.4, -0.2) is 13.7 Å². The van der Waals surface area contributed by atoms with Crippen molar-refractivity contribution < 1.29 is 21.9 Å². The van der Waals surface area contributed by atoms with Crippen molar-refractivity contribution in [3.8, 4) is 28.2 Å². The standard InChI is InChI=1S/C48H31N3/c1-3-13-34(14-4-1)50-42-20-10-7-17-37(42)39-28-25-33(31-46(39)50)32-23-26-36(27-24-32)49-44-22-12-9-19-41(44)47-45(49)30-29-40-38-18-8-11-21-43(38)51(48(40)47)35-15-5-2-6-16-35/h1-31H/i1D,3D,4D,7D,10D,13D,14D,17D,20D,23D,24D,25D,26D,27D,28D,31D. The highest BCUT2D eigenvalue weighted by Gasteiger charge is 2.21. The summed E-state index contributed by atoms with van der Waals surface area (Å²) < 4.78 is 149. The van der Waals surface area contributed by atoms with E-state index in [1.54, 1.807) is 4.57 Å². The minimum atomic E-state index is -0.791. The van der Waals surface area contributed by atoms with Gasteiger partial charge in [0.25, 0.3) is 0 Å². The molecule has 0 aliphatic rings. The zero-order chi connectivity index (χ0) is 47.4. The Kier molecular flexibility index (Phi) is 3.55. The molecule has 0 aliphatic carbocycles. The van der Waals surface area contributed by atoms with Crippen LogP contribution in [-0.2, 0) is 0 Å². The van der Waals surface area contributed by atoms with Crippen LogP contribution in [0.1, 0.15) is 21.9 Å². The van der Waals surface area contributed by atoms with E-state index in [1.165, 1.54) is 0 Å². The van der Waals surface area contributed by atoms with Gasteiger partial charge in [0.05, 0.1) is 55.0 Å². The number of hydrogen-bond donors (Lipinski definition) is 0. The maximum Gasteiger partial charge on any atom is 0.0652 e. The normalized spacial score (nSPS) is 16.3. The minimum Gasteiger partial charge on any atom is -0.309 e. The highest BCUT2D eigenvalue weighted by atomic mass is 15.0. The topological polar surface area (TPSA) is 14.8 Å². The van der Waals surface area contributed by atoms with Gasteiger partial charge in [0.15, 0.2) is 0 Å². The van der Waals surface area contributed by atoms with Crippen LogP contribution in [0.2, 0.25) is 0 Å². The van der Waals surface area contributed by atoms with Gasteiger partial charge in [0, 0.05) is 49.4 Å². The fraction of sp³-hybridized carbons (Fsp3) is 0. The van der Waals surface area contributed by atoms with Gasteiger partial charge in [-0.2, -0.15) is 0 Å². The first-order chi connectivity index (χ1) is 32.0. The Balaban J connectivity index is 1.26. The highest BCUT2D eigenvalue weighted by Crippen LogP contribution is 2.42. The molecular weight excluding hydrogens is 619 g/mol. The highest BCUT2D eigenvalue weighted by molar-refractivity contribution is 6.26. The van der Waals surface area contributed by atoms with Crippen molar-refractivity contribution in [2.75, 3.05) is 0 Å². The van der Waals surface area contributed by atoms with Crippen molar-refractivity contribution in [3.05, 3.63) is 188 Å². The van der Waals surface area contributed by atoms with E-state index in [0.29, 0.717) is 11.0 Å². The lowest BCUT2D eigenvalue weighted by Crippen LogP contribution is -1.95. The Morgan fingerprint density at radius 2 is 0.961 bits per heavy atom. The Labute approximate surface area is 316 Å². The van der Waals surface area contributed by atoms with Crippen molar-refractivity contribution in [2.24, 2.45) is 0 Å². The monoisotopic (exact) mass is 665 g/mol. The molecule has 0 aliphatic heterocycles. The van der Waals surface area contributed by atoms with E-state index < -0.39 is 125 Å². The molecule has 0 N–H and O–H groups in total. The van der Waals surface area contributed by atoms with Gasteiger partial charge in [-0.3, -0.25) is 0 Å². The van der Waals surface area contributed by atoms with Crippen molar-refractivity contribution in [2.45, 2.75) is 0 Å².